The fraction of sp³-hybridized carbons (Fsp3) is 1.00. The van der Waals surface area contributed by atoms with E-state index in [1.165, 1.54) is 83.5 Å². The molecule has 0 atom stereocenters. The average Bonchev–Trinajstić information content (AvgIpc) is 2.80. The molecule has 0 bridgehead atoms. The molecule has 0 saturated heterocycles. The van der Waals surface area contributed by atoms with Crippen molar-refractivity contribution in [3.8, 4) is 0 Å². The van der Waals surface area contributed by atoms with Crippen molar-refractivity contribution in [2.24, 2.45) is 0 Å². The van der Waals surface area contributed by atoms with Crippen LogP contribution >= 0.6 is 0 Å². The number of rotatable bonds is 19. The molecule has 0 heterocycles. The number of hydrogen-bond donors (Lipinski definition) is 0. The molecule has 0 aliphatic rings. The lowest BCUT2D eigenvalue weighted by Crippen LogP contribution is -2.48. The van der Waals surface area contributed by atoms with Crippen LogP contribution < -0.4 is 0 Å². The van der Waals surface area contributed by atoms with Gasteiger partial charge in [-0.15, -0.1) is 0 Å². The highest BCUT2D eigenvalue weighted by Crippen LogP contribution is 2.41. The molecular weight excluding hydrogens is 468 g/mol. The van der Waals surface area contributed by atoms with Crippen molar-refractivity contribution < 1.29 is 17.7 Å². The van der Waals surface area contributed by atoms with Crippen LogP contribution in [-0.4, -0.2) is 45.6 Å². The summed E-state index contributed by atoms with van der Waals surface area (Å²) in [6.07, 6.45) is 17.4. The van der Waals surface area contributed by atoms with E-state index in [2.05, 4.69) is 55.4 Å². The zero-order chi connectivity index (χ0) is 27.4. The first-order chi connectivity index (χ1) is 16.4. The monoisotopic (exact) mass is 534 g/mol. The highest BCUT2D eigenvalue weighted by atomic mass is 28.4. The van der Waals surface area contributed by atoms with Gasteiger partial charge in [0.05, 0.1) is 0 Å². The van der Waals surface area contributed by atoms with Gasteiger partial charge in [0.1, 0.15) is 0 Å². The Morgan fingerprint density at radius 1 is 0.400 bits per heavy atom. The van der Waals surface area contributed by atoms with Crippen LogP contribution in [0.25, 0.3) is 0 Å². The van der Waals surface area contributed by atoms with E-state index in [-0.39, 0.29) is 10.1 Å². The molecule has 0 spiro atoms. The van der Waals surface area contributed by atoms with Crippen LogP contribution in [0.5, 0.6) is 0 Å². The van der Waals surface area contributed by atoms with Crippen LogP contribution in [0.2, 0.25) is 22.2 Å². The fourth-order valence-electron chi connectivity index (χ4n) is 5.00. The van der Waals surface area contributed by atoms with Gasteiger partial charge in [0, 0.05) is 38.5 Å². The van der Waals surface area contributed by atoms with E-state index >= 15 is 0 Å². The van der Waals surface area contributed by atoms with Crippen LogP contribution in [0, 0.1) is 0 Å². The summed E-state index contributed by atoms with van der Waals surface area (Å²) in [6, 6.07) is 2.24. The first kappa shape index (κ1) is 37.4. The van der Waals surface area contributed by atoms with Crippen molar-refractivity contribution in [1.82, 2.24) is 0 Å². The van der Waals surface area contributed by atoms with E-state index in [0.29, 0.717) is 0 Å². The van der Waals surface area contributed by atoms with Crippen molar-refractivity contribution in [3.63, 3.8) is 0 Å². The Hall–Kier alpha value is 0.274. The van der Waals surface area contributed by atoms with Gasteiger partial charge in [-0.2, -0.15) is 0 Å². The van der Waals surface area contributed by atoms with Gasteiger partial charge in [0.15, 0.2) is 0 Å². The quantitative estimate of drug-likeness (QED) is 0.122. The highest BCUT2D eigenvalue weighted by Gasteiger charge is 2.47. The van der Waals surface area contributed by atoms with E-state index in [1.807, 2.05) is 28.4 Å². The van der Waals surface area contributed by atoms with Gasteiger partial charge in [-0.1, -0.05) is 139 Å². The first-order valence-electron chi connectivity index (χ1n) is 14.6. The molecule has 0 aromatic heterocycles. The second-order valence-electron chi connectivity index (χ2n) is 12.2. The summed E-state index contributed by atoms with van der Waals surface area (Å²) in [5, 5.41) is 0.304. The van der Waals surface area contributed by atoms with Crippen molar-refractivity contribution in [2.75, 3.05) is 28.4 Å². The zero-order valence-electron chi connectivity index (χ0n) is 26.2. The molecule has 0 amide bonds. The van der Waals surface area contributed by atoms with Gasteiger partial charge in [0.25, 0.3) is 0 Å². The fourth-order valence-corrected chi connectivity index (χ4v) is 11.5. The Bertz CT molecular complexity index is 464. The van der Waals surface area contributed by atoms with Gasteiger partial charge in [-0.25, -0.2) is 0 Å². The maximum atomic E-state index is 5.81. The third-order valence-electron chi connectivity index (χ3n) is 7.57. The van der Waals surface area contributed by atoms with Crippen LogP contribution in [0.4, 0.5) is 0 Å². The maximum absolute atomic E-state index is 5.81. The van der Waals surface area contributed by atoms with Crippen molar-refractivity contribution in [3.05, 3.63) is 0 Å². The molecule has 0 rings (SSSR count). The van der Waals surface area contributed by atoms with Crippen molar-refractivity contribution in [2.45, 2.75) is 161 Å². The average molecular weight is 535 g/mol. The lowest BCUT2D eigenvalue weighted by molar-refractivity contribution is 0.212. The molecule has 4 nitrogen and oxygen atoms in total. The van der Waals surface area contributed by atoms with Gasteiger partial charge in [-0.05, 0) is 12.1 Å². The molecule has 0 saturated carbocycles. The third kappa shape index (κ3) is 14.7. The van der Waals surface area contributed by atoms with E-state index < -0.39 is 17.1 Å². The Balaban J connectivity index is 0. The van der Waals surface area contributed by atoms with Crippen LogP contribution in [0.15, 0.2) is 0 Å². The number of unbranched alkanes of at least 4 members (excludes halogenated alkanes) is 11. The predicted molar refractivity (Wildman–Crippen MR) is 160 cm³/mol. The SMILES string of the molecule is CCCCCCCCC[Si](OC)(OC)C(C)(C)C.CCCCCCCC[Si](OC)(OC)C(C)(C)C. The molecule has 0 fully saturated rings. The van der Waals surface area contributed by atoms with Gasteiger partial charge < -0.3 is 17.7 Å². The second kappa shape index (κ2) is 20.3. The molecule has 0 aliphatic heterocycles. The van der Waals surface area contributed by atoms with Crippen molar-refractivity contribution >= 4 is 17.1 Å². The summed E-state index contributed by atoms with van der Waals surface area (Å²) in [5.41, 5.74) is 0. The topological polar surface area (TPSA) is 36.9 Å². The van der Waals surface area contributed by atoms with E-state index in [0.717, 1.165) is 12.1 Å². The Morgan fingerprint density at radius 3 is 0.829 bits per heavy atom. The summed E-state index contributed by atoms with van der Waals surface area (Å²) in [5.74, 6) is 0. The van der Waals surface area contributed by atoms with E-state index in [4.69, 9.17) is 17.7 Å². The summed E-state index contributed by atoms with van der Waals surface area (Å²) in [7, 11) is 3.24. The molecule has 0 aromatic carbocycles. The summed E-state index contributed by atoms with van der Waals surface area (Å²) in [4.78, 5) is 0. The molecule has 214 valence electrons. The molecule has 0 radical (unpaired) electrons. The largest absolute Gasteiger partial charge is 0.397 e. The van der Waals surface area contributed by atoms with E-state index in [9.17, 15) is 0 Å². The highest BCUT2D eigenvalue weighted by molar-refractivity contribution is 6.70. The van der Waals surface area contributed by atoms with Crippen LogP contribution in [0.1, 0.15) is 139 Å². The summed E-state index contributed by atoms with van der Waals surface area (Å²) in [6.45, 7) is 18.0. The van der Waals surface area contributed by atoms with Gasteiger partial charge in [-0.3, -0.25) is 0 Å². The minimum atomic E-state index is -2.02. The normalized spacial score (nSPS) is 13.0. The lowest BCUT2D eigenvalue weighted by Gasteiger charge is -2.38. The maximum Gasteiger partial charge on any atom is 0.343 e. The summed E-state index contributed by atoms with van der Waals surface area (Å²) < 4.78 is 23.2. The second-order valence-corrected chi connectivity index (χ2v) is 20.9. The smallest absolute Gasteiger partial charge is 0.343 e. The Labute approximate surface area is 224 Å². The Morgan fingerprint density at radius 2 is 0.629 bits per heavy atom. The third-order valence-corrected chi connectivity index (χ3v) is 16.8. The van der Waals surface area contributed by atoms with E-state index in [1.54, 1.807) is 0 Å². The first-order valence-corrected chi connectivity index (χ1v) is 18.6. The van der Waals surface area contributed by atoms with Gasteiger partial charge in [0.2, 0.25) is 0 Å². The van der Waals surface area contributed by atoms with Crippen LogP contribution in [0.3, 0.4) is 0 Å². The standard InChI is InChI=1S/C15H34O2Si.C14H32O2Si/c1-7-8-9-10-11-12-13-14-18(16-5,17-6)15(2,3)4;1-7-8-9-10-11-12-13-17(15-5,16-6)14(2,3)4/h7-14H2,1-6H3;7-13H2,1-6H3. The summed E-state index contributed by atoms with van der Waals surface area (Å²) >= 11 is 0. The number of hydrogen-bond acceptors (Lipinski definition) is 4. The Kier molecular flexibility index (Phi) is 21.7. The minimum Gasteiger partial charge on any atom is -0.397 e. The molecule has 6 heteroatoms. The van der Waals surface area contributed by atoms with Gasteiger partial charge >= 0.3 is 17.1 Å². The van der Waals surface area contributed by atoms with Crippen molar-refractivity contribution in [1.29, 1.82) is 0 Å². The molecule has 35 heavy (non-hydrogen) atoms. The van der Waals surface area contributed by atoms with Crippen LogP contribution in [-0.2, 0) is 17.7 Å². The molecule has 0 unspecified atom stereocenters. The molecule has 0 aromatic rings. The molecular formula is C29H66O4Si2. The lowest BCUT2D eigenvalue weighted by atomic mass is 10.1. The zero-order valence-corrected chi connectivity index (χ0v) is 28.2. The predicted octanol–water partition coefficient (Wildman–Crippen LogP) is 10.2. The minimum absolute atomic E-state index is 0.151. The molecule has 0 aliphatic carbocycles. The molecule has 0 N–H and O–H groups in total.